The molecule has 120 valence electrons. The predicted molar refractivity (Wildman–Crippen MR) is 88.7 cm³/mol. The van der Waals surface area contributed by atoms with Crippen LogP contribution in [-0.2, 0) is 6.54 Å². The smallest absolute Gasteiger partial charge is 0.122 e. The van der Waals surface area contributed by atoms with Gasteiger partial charge in [-0.1, -0.05) is 0 Å². The van der Waals surface area contributed by atoms with Gasteiger partial charge in [-0.3, -0.25) is 15.0 Å². The number of aromatic nitrogens is 3. The summed E-state index contributed by atoms with van der Waals surface area (Å²) in [5.74, 6) is 0.960. The van der Waals surface area contributed by atoms with Crippen LogP contribution in [0.5, 0.6) is 0 Å². The Hall–Kier alpha value is -2.44. The van der Waals surface area contributed by atoms with Gasteiger partial charge in [-0.05, 0) is 38.4 Å². The Morgan fingerprint density at radius 3 is 2.87 bits per heavy atom. The van der Waals surface area contributed by atoms with E-state index in [1.54, 1.807) is 12.5 Å². The molecule has 3 aromatic heterocycles. The van der Waals surface area contributed by atoms with E-state index in [2.05, 4.69) is 25.4 Å². The summed E-state index contributed by atoms with van der Waals surface area (Å²) in [6, 6.07) is 8.06. The maximum absolute atomic E-state index is 5.53. The molecular weight excluding hydrogens is 290 g/mol. The lowest BCUT2D eigenvalue weighted by Crippen LogP contribution is -2.30. The van der Waals surface area contributed by atoms with Crippen molar-refractivity contribution < 1.29 is 4.42 Å². The van der Waals surface area contributed by atoms with E-state index in [4.69, 9.17) is 4.42 Å². The Labute approximate surface area is 135 Å². The highest BCUT2D eigenvalue weighted by atomic mass is 16.3. The Morgan fingerprint density at radius 1 is 1.26 bits per heavy atom. The summed E-state index contributed by atoms with van der Waals surface area (Å²) in [6.07, 6.45) is 7.17. The molecule has 23 heavy (non-hydrogen) atoms. The van der Waals surface area contributed by atoms with Gasteiger partial charge in [0.2, 0.25) is 0 Å². The molecule has 6 nitrogen and oxygen atoms in total. The molecule has 0 fully saturated rings. The molecule has 3 aromatic rings. The van der Waals surface area contributed by atoms with Crippen molar-refractivity contribution in [2.24, 2.45) is 0 Å². The average molecular weight is 311 g/mol. The molecule has 0 saturated carbocycles. The minimum absolute atomic E-state index is 0.193. The first-order valence-corrected chi connectivity index (χ1v) is 7.59. The van der Waals surface area contributed by atoms with E-state index in [-0.39, 0.29) is 6.04 Å². The van der Waals surface area contributed by atoms with Crippen LogP contribution in [0, 0.1) is 0 Å². The van der Waals surface area contributed by atoms with Gasteiger partial charge in [0, 0.05) is 36.6 Å². The summed E-state index contributed by atoms with van der Waals surface area (Å²) in [5.41, 5.74) is 3.16. The van der Waals surface area contributed by atoms with Crippen molar-refractivity contribution in [2.75, 3.05) is 20.6 Å². The highest BCUT2D eigenvalue weighted by Gasteiger charge is 2.16. The monoisotopic (exact) mass is 311 g/mol. The summed E-state index contributed by atoms with van der Waals surface area (Å²) in [7, 11) is 4.10. The standard InChI is InChI=1S/C17H21N5O/c1-22(2)15(16-6-4-8-23-16)12-19-10-14-11-20-21-17(14)13-5-3-7-18-9-13/h3-9,11,15,19H,10,12H2,1-2H3,(H,20,21). The van der Waals surface area contributed by atoms with Crippen LogP contribution in [0.15, 0.2) is 53.5 Å². The summed E-state index contributed by atoms with van der Waals surface area (Å²) >= 11 is 0. The Balaban J connectivity index is 1.64. The lowest BCUT2D eigenvalue weighted by Gasteiger charge is -2.22. The maximum atomic E-state index is 5.53. The summed E-state index contributed by atoms with van der Waals surface area (Å²) in [4.78, 5) is 6.30. The van der Waals surface area contributed by atoms with Gasteiger partial charge in [0.25, 0.3) is 0 Å². The molecule has 0 aliphatic rings. The van der Waals surface area contributed by atoms with Gasteiger partial charge in [-0.25, -0.2) is 0 Å². The normalized spacial score (nSPS) is 12.7. The second kappa shape index (κ2) is 7.21. The highest BCUT2D eigenvalue weighted by molar-refractivity contribution is 5.61. The van der Waals surface area contributed by atoms with Gasteiger partial charge < -0.3 is 9.73 Å². The molecule has 0 amide bonds. The molecular formula is C17H21N5O. The van der Waals surface area contributed by atoms with Crippen molar-refractivity contribution in [3.05, 3.63) is 60.4 Å². The van der Waals surface area contributed by atoms with Gasteiger partial charge in [0.05, 0.1) is 24.2 Å². The van der Waals surface area contributed by atoms with Crippen LogP contribution in [0.1, 0.15) is 17.4 Å². The molecule has 3 heterocycles. The third-order valence-corrected chi connectivity index (χ3v) is 3.82. The SMILES string of the molecule is CN(C)C(CNCc1cn[nH]c1-c1cccnc1)c1ccco1. The zero-order valence-corrected chi connectivity index (χ0v) is 13.4. The number of nitrogens with one attached hydrogen (secondary N) is 2. The van der Waals surface area contributed by atoms with E-state index in [9.17, 15) is 0 Å². The summed E-state index contributed by atoms with van der Waals surface area (Å²) < 4.78 is 5.53. The van der Waals surface area contributed by atoms with E-state index < -0.39 is 0 Å². The number of rotatable bonds is 7. The maximum Gasteiger partial charge on any atom is 0.122 e. The highest BCUT2D eigenvalue weighted by Crippen LogP contribution is 2.21. The number of pyridine rings is 1. The van der Waals surface area contributed by atoms with Gasteiger partial charge in [0.1, 0.15) is 5.76 Å². The van der Waals surface area contributed by atoms with Crippen LogP contribution in [-0.4, -0.2) is 40.7 Å². The number of H-pyrrole nitrogens is 1. The second-order valence-electron chi connectivity index (χ2n) is 5.64. The number of hydrogen-bond donors (Lipinski definition) is 2. The van der Waals surface area contributed by atoms with Crippen LogP contribution in [0.25, 0.3) is 11.3 Å². The van der Waals surface area contributed by atoms with E-state index in [1.165, 1.54) is 0 Å². The third-order valence-electron chi connectivity index (χ3n) is 3.82. The fourth-order valence-corrected chi connectivity index (χ4v) is 2.57. The van der Waals surface area contributed by atoms with E-state index in [0.29, 0.717) is 0 Å². The number of nitrogens with zero attached hydrogens (tertiary/aromatic N) is 3. The lowest BCUT2D eigenvalue weighted by atomic mass is 10.1. The van der Waals surface area contributed by atoms with E-state index in [0.717, 1.165) is 35.7 Å². The zero-order chi connectivity index (χ0) is 16.1. The number of hydrogen-bond acceptors (Lipinski definition) is 5. The third kappa shape index (κ3) is 3.67. The van der Waals surface area contributed by atoms with Crippen molar-refractivity contribution in [3.63, 3.8) is 0 Å². The van der Waals surface area contributed by atoms with Crippen molar-refractivity contribution in [2.45, 2.75) is 12.6 Å². The van der Waals surface area contributed by atoms with Gasteiger partial charge in [0.15, 0.2) is 0 Å². The molecule has 3 rings (SSSR count). The van der Waals surface area contributed by atoms with Crippen LogP contribution in [0.3, 0.4) is 0 Å². The molecule has 1 unspecified atom stereocenters. The van der Waals surface area contributed by atoms with Crippen molar-refractivity contribution in [1.82, 2.24) is 25.4 Å². The molecule has 0 bridgehead atoms. The Bertz CT molecular complexity index is 706. The zero-order valence-electron chi connectivity index (χ0n) is 13.4. The fraction of sp³-hybridized carbons (Fsp3) is 0.294. The molecule has 6 heteroatoms. The first-order chi connectivity index (χ1) is 11.3. The lowest BCUT2D eigenvalue weighted by molar-refractivity contribution is 0.250. The Kier molecular flexibility index (Phi) is 4.85. The van der Waals surface area contributed by atoms with Crippen LogP contribution >= 0.6 is 0 Å². The first-order valence-electron chi connectivity index (χ1n) is 7.59. The topological polar surface area (TPSA) is 70.0 Å². The summed E-state index contributed by atoms with van der Waals surface area (Å²) in [5, 5.41) is 10.7. The van der Waals surface area contributed by atoms with Crippen LogP contribution in [0.2, 0.25) is 0 Å². The average Bonchev–Trinajstić information content (AvgIpc) is 3.23. The number of aromatic amines is 1. The largest absolute Gasteiger partial charge is 0.468 e. The quantitative estimate of drug-likeness (QED) is 0.701. The molecule has 0 saturated heterocycles. The molecule has 1 atom stereocenters. The van der Waals surface area contributed by atoms with Crippen LogP contribution in [0.4, 0.5) is 0 Å². The molecule has 0 aliphatic heterocycles. The van der Waals surface area contributed by atoms with Gasteiger partial charge >= 0.3 is 0 Å². The minimum Gasteiger partial charge on any atom is -0.468 e. The number of likely N-dealkylation sites (N-methyl/N-ethyl adjacent to an activating group) is 1. The van der Waals surface area contributed by atoms with Crippen LogP contribution < -0.4 is 5.32 Å². The van der Waals surface area contributed by atoms with Crippen molar-refractivity contribution in [1.29, 1.82) is 0 Å². The molecule has 0 radical (unpaired) electrons. The first kappa shape index (κ1) is 15.5. The van der Waals surface area contributed by atoms with Gasteiger partial charge in [-0.2, -0.15) is 5.10 Å². The molecule has 2 N–H and O–H groups in total. The van der Waals surface area contributed by atoms with E-state index >= 15 is 0 Å². The molecule has 0 spiro atoms. The van der Waals surface area contributed by atoms with Gasteiger partial charge in [-0.15, -0.1) is 0 Å². The van der Waals surface area contributed by atoms with E-state index in [1.807, 2.05) is 50.8 Å². The Morgan fingerprint density at radius 2 is 2.17 bits per heavy atom. The second-order valence-corrected chi connectivity index (χ2v) is 5.64. The summed E-state index contributed by atoms with van der Waals surface area (Å²) in [6.45, 7) is 1.52. The molecule has 0 aromatic carbocycles. The predicted octanol–water partition coefficient (Wildman–Crippen LogP) is 2.46. The molecule has 0 aliphatic carbocycles. The van der Waals surface area contributed by atoms with Crippen molar-refractivity contribution in [3.8, 4) is 11.3 Å². The fourth-order valence-electron chi connectivity index (χ4n) is 2.57. The number of furan rings is 1. The van der Waals surface area contributed by atoms with Crippen molar-refractivity contribution >= 4 is 0 Å². The minimum atomic E-state index is 0.193.